The van der Waals surface area contributed by atoms with Crippen LogP contribution in [0.5, 0.6) is 0 Å². The molecule has 0 aliphatic rings. The topological polar surface area (TPSA) is 34.1 Å². The van der Waals surface area contributed by atoms with Gasteiger partial charge in [0.15, 0.2) is 0 Å². The summed E-state index contributed by atoms with van der Waals surface area (Å²) in [6.07, 6.45) is -9.10. The van der Waals surface area contributed by atoms with E-state index in [2.05, 4.69) is 135 Å². The summed E-state index contributed by atoms with van der Waals surface area (Å²) < 4.78 is 96.0. The zero-order chi connectivity index (χ0) is 34.1. The van der Waals surface area contributed by atoms with E-state index in [0.29, 0.717) is 10.5 Å². The minimum atomic E-state index is -4.76. The molecule has 0 aliphatic carbocycles. The Kier molecular flexibility index (Phi) is 13.8. The van der Waals surface area contributed by atoms with Crippen molar-refractivity contribution in [3.63, 3.8) is 0 Å². The number of thiol groups is 1. The van der Waals surface area contributed by atoms with Crippen molar-refractivity contribution in [2.24, 2.45) is 0 Å². The van der Waals surface area contributed by atoms with Gasteiger partial charge in [-0.1, -0.05) is 123 Å². The van der Waals surface area contributed by atoms with Gasteiger partial charge < -0.3 is 0 Å². The number of benzene rings is 5. The van der Waals surface area contributed by atoms with Gasteiger partial charge in [-0.15, -0.1) is 12.6 Å². The van der Waals surface area contributed by atoms with Crippen molar-refractivity contribution >= 4 is 88.1 Å². The number of rotatable bonds is 4. The Morgan fingerprint density at radius 1 is 0.565 bits per heavy atom. The molecule has 0 saturated carbocycles. The second-order valence-corrected chi connectivity index (χ2v) is 16.1. The van der Waals surface area contributed by atoms with E-state index in [9.17, 15) is 34.8 Å². The second-order valence-electron chi connectivity index (χ2n) is 9.08. The van der Waals surface area contributed by atoms with Crippen molar-refractivity contribution in [2.75, 3.05) is 0 Å². The molecule has 0 atom stereocenters. The van der Waals surface area contributed by atoms with Crippen LogP contribution in [-0.4, -0.2) is 8.42 Å². The van der Waals surface area contributed by atoms with Gasteiger partial charge in [-0.2, -0.15) is 26.3 Å². The van der Waals surface area contributed by atoms with E-state index >= 15 is 0 Å². The van der Waals surface area contributed by atoms with Gasteiger partial charge in [0.1, 0.15) is 0 Å². The number of hydrogen-bond donors (Lipinski definition) is 1. The first-order valence-corrected chi connectivity index (χ1v) is 18.5. The van der Waals surface area contributed by atoms with Crippen LogP contribution in [0, 0.1) is 0 Å². The first-order valence-electron chi connectivity index (χ1n) is 12.8. The molecule has 5 rings (SSSR count). The summed E-state index contributed by atoms with van der Waals surface area (Å²) >= 11 is 9.47. The Balaban J connectivity index is 0.000000194. The van der Waals surface area contributed by atoms with Gasteiger partial charge in [-0.3, -0.25) is 0 Å². The van der Waals surface area contributed by atoms with Crippen LogP contribution in [-0.2, 0) is 21.4 Å². The molecule has 0 aromatic heterocycles. The lowest BCUT2D eigenvalue weighted by Gasteiger charge is -2.18. The molecule has 0 bridgehead atoms. The minimum absolute atomic E-state index is 0.0642. The van der Waals surface area contributed by atoms with Crippen LogP contribution in [0.1, 0.15) is 11.1 Å². The van der Waals surface area contributed by atoms with E-state index in [-0.39, 0.29) is 9.37 Å². The normalized spacial score (nSPS) is 11.6. The third kappa shape index (κ3) is 11.4. The standard InChI is InChI=1S/C18H15P.C7H3BrClF3O2S.C7H4BrF3S/c1-4-10-16(11-5-1)19(17-12-6-2-7-13-17)18-14-8-3-9-15-18;8-4-1-2-6(15(9,13)14)5(3-4)7(10,11)12;8-4-1-2-6(12)5(3-4)7(9,10)11/h1-15H;1-3H;1-3,12H. The minimum Gasteiger partial charge on any atom is -0.207 e. The highest BCUT2D eigenvalue weighted by molar-refractivity contribution is 9.10. The summed E-state index contributed by atoms with van der Waals surface area (Å²) in [5.74, 6) is 0. The summed E-state index contributed by atoms with van der Waals surface area (Å²) in [6.45, 7) is 0. The molecule has 0 spiro atoms. The van der Waals surface area contributed by atoms with Crippen molar-refractivity contribution in [1.29, 1.82) is 0 Å². The number of hydrogen-bond acceptors (Lipinski definition) is 3. The SMILES string of the molecule is FC(F)(F)c1cc(Br)ccc1S.O=S(=O)(Cl)c1ccc(Br)cc1C(F)(F)F.c1ccc(P(c2ccccc2)c2ccccc2)cc1. The molecule has 0 N–H and O–H groups in total. The fourth-order valence-corrected chi connectivity index (χ4v) is 8.21. The lowest BCUT2D eigenvalue weighted by atomic mass is 10.2. The van der Waals surface area contributed by atoms with Gasteiger partial charge in [0.2, 0.25) is 0 Å². The van der Waals surface area contributed by atoms with Gasteiger partial charge in [0.05, 0.1) is 16.0 Å². The van der Waals surface area contributed by atoms with E-state index < -0.39 is 45.3 Å². The second kappa shape index (κ2) is 16.7. The number of alkyl halides is 6. The van der Waals surface area contributed by atoms with Crippen LogP contribution >= 0.6 is 63.1 Å². The molecule has 0 radical (unpaired) electrons. The fourth-order valence-electron chi connectivity index (χ4n) is 3.85. The van der Waals surface area contributed by atoms with Crippen molar-refractivity contribution in [3.05, 3.63) is 147 Å². The summed E-state index contributed by atoms with van der Waals surface area (Å²) in [7, 11) is 0.0310. The molecule has 2 nitrogen and oxygen atoms in total. The molecule has 5 aromatic carbocycles. The molecule has 0 heterocycles. The van der Waals surface area contributed by atoms with Crippen LogP contribution in [0.25, 0.3) is 0 Å². The van der Waals surface area contributed by atoms with Crippen LogP contribution in [0.2, 0.25) is 0 Å². The summed E-state index contributed by atoms with van der Waals surface area (Å²) in [6, 6.07) is 38.8. The van der Waals surface area contributed by atoms with Crippen LogP contribution < -0.4 is 15.9 Å². The zero-order valence-corrected chi connectivity index (χ0v) is 29.7. The smallest absolute Gasteiger partial charge is 0.207 e. The fraction of sp³-hybridized carbons (Fsp3) is 0.0625. The molecule has 46 heavy (non-hydrogen) atoms. The molecule has 0 unspecified atom stereocenters. The van der Waals surface area contributed by atoms with E-state index in [0.717, 1.165) is 12.1 Å². The summed E-state index contributed by atoms with van der Waals surface area (Å²) in [5, 5.41) is 4.19. The van der Waals surface area contributed by atoms with Crippen molar-refractivity contribution < 1.29 is 34.8 Å². The molecule has 14 heteroatoms. The summed E-state index contributed by atoms with van der Waals surface area (Å²) in [5.41, 5.74) is -2.01. The van der Waals surface area contributed by atoms with E-state index in [1.807, 2.05) is 0 Å². The molecule has 0 amide bonds. The van der Waals surface area contributed by atoms with Crippen LogP contribution in [0.15, 0.2) is 146 Å². The predicted molar refractivity (Wildman–Crippen MR) is 184 cm³/mol. The van der Waals surface area contributed by atoms with Gasteiger partial charge >= 0.3 is 12.4 Å². The lowest BCUT2D eigenvalue weighted by Crippen LogP contribution is -2.20. The molecule has 242 valence electrons. The van der Waals surface area contributed by atoms with E-state index in [4.69, 9.17) is 10.7 Å². The zero-order valence-electron chi connectivity index (χ0n) is 23.1. The largest absolute Gasteiger partial charge is 0.417 e. The third-order valence-electron chi connectivity index (χ3n) is 5.82. The van der Waals surface area contributed by atoms with Crippen LogP contribution in [0.3, 0.4) is 0 Å². The highest BCUT2D eigenvalue weighted by Crippen LogP contribution is 2.37. The average molecular weight is 843 g/mol. The van der Waals surface area contributed by atoms with Crippen molar-refractivity contribution in [3.8, 4) is 0 Å². The predicted octanol–water partition coefficient (Wildman–Crippen LogP) is 10.6. The molecule has 0 aliphatic heterocycles. The first-order chi connectivity index (χ1) is 21.5. The average Bonchev–Trinajstić information content (AvgIpc) is 2.99. The number of halogens is 9. The highest BCUT2D eigenvalue weighted by Gasteiger charge is 2.37. The monoisotopic (exact) mass is 840 g/mol. The molecule has 5 aromatic rings. The maximum absolute atomic E-state index is 12.4. The van der Waals surface area contributed by atoms with E-state index in [1.165, 1.54) is 34.1 Å². The molecular formula is C32H22Br2ClF6O2PS2. The third-order valence-corrected chi connectivity index (χ3v) is 11.0. The van der Waals surface area contributed by atoms with Gasteiger partial charge in [-0.25, -0.2) is 8.42 Å². The van der Waals surface area contributed by atoms with Gasteiger partial charge in [0, 0.05) is 24.5 Å². The summed E-state index contributed by atoms with van der Waals surface area (Å²) in [4.78, 5) is -1.01. The Bertz CT molecular complexity index is 1740. The molecule has 0 saturated heterocycles. The first kappa shape index (κ1) is 38.1. The van der Waals surface area contributed by atoms with Crippen molar-refractivity contribution in [1.82, 2.24) is 0 Å². The maximum Gasteiger partial charge on any atom is 0.417 e. The molecule has 0 fully saturated rings. The van der Waals surface area contributed by atoms with Gasteiger partial charge in [-0.05, 0) is 60.2 Å². The molecular weight excluding hydrogens is 821 g/mol. The maximum atomic E-state index is 12.4. The Hall–Kier alpha value is -2.34. The Morgan fingerprint density at radius 3 is 1.24 bits per heavy atom. The highest BCUT2D eigenvalue weighted by atomic mass is 79.9. The quantitative estimate of drug-likeness (QED) is 0.0847. The van der Waals surface area contributed by atoms with Crippen molar-refractivity contribution in [2.45, 2.75) is 22.1 Å². The van der Waals surface area contributed by atoms with Crippen LogP contribution in [0.4, 0.5) is 26.3 Å². The Labute approximate surface area is 290 Å². The van der Waals surface area contributed by atoms with Gasteiger partial charge in [0.25, 0.3) is 9.05 Å². The Morgan fingerprint density at radius 2 is 0.913 bits per heavy atom. The van der Waals surface area contributed by atoms with E-state index in [1.54, 1.807) is 0 Å². The lowest BCUT2D eigenvalue weighted by molar-refractivity contribution is -0.140.